The van der Waals surface area contributed by atoms with Crippen LogP contribution >= 0.6 is 0 Å². The third-order valence-electron chi connectivity index (χ3n) is 7.16. The topological polar surface area (TPSA) is 102 Å². The maximum atomic E-state index is 12.8. The van der Waals surface area contributed by atoms with Crippen molar-refractivity contribution in [1.29, 1.82) is 0 Å². The van der Waals surface area contributed by atoms with Gasteiger partial charge < -0.3 is 20.1 Å². The monoisotopic (exact) mass is 468 g/mol. The van der Waals surface area contributed by atoms with Gasteiger partial charge in [-0.1, -0.05) is 26.0 Å². The number of nitrogens with zero attached hydrogens (tertiary/aromatic N) is 4. The van der Waals surface area contributed by atoms with Gasteiger partial charge in [0.1, 0.15) is 5.82 Å². The molecule has 34 heavy (non-hydrogen) atoms. The van der Waals surface area contributed by atoms with E-state index in [2.05, 4.69) is 34.0 Å². The SMILES string of the molecule is CCC(CC)C(=O)N1CCC(NC(=O)N2CCN(Cc3nc4ccccc4c(=O)[nH]3)CC2)CC1. The molecule has 0 unspecified atom stereocenters. The Labute approximate surface area is 200 Å². The van der Waals surface area contributed by atoms with Crippen LogP contribution in [0.15, 0.2) is 29.1 Å². The van der Waals surface area contributed by atoms with Crippen molar-refractivity contribution in [3.05, 3.63) is 40.4 Å². The lowest BCUT2D eigenvalue weighted by atomic mass is 9.98. The number of para-hydroxylation sites is 1. The number of fused-ring (bicyclic) bond motifs is 1. The largest absolute Gasteiger partial charge is 0.342 e. The molecule has 9 heteroatoms. The Morgan fingerprint density at radius 1 is 1.03 bits per heavy atom. The summed E-state index contributed by atoms with van der Waals surface area (Å²) >= 11 is 0. The molecule has 9 nitrogen and oxygen atoms in total. The number of urea groups is 1. The van der Waals surface area contributed by atoms with Crippen molar-refractivity contribution < 1.29 is 9.59 Å². The molecule has 4 rings (SSSR count). The summed E-state index contributed by atoms with van der Waals surface area (Å²) in [5.74, 6) is 1.02. The summed E-state index contributed by atoms with van der Waals surface area (Å²) in [5.41, 5.74) is 0.582. The number of likely N-dealkylation sites (tertiary alicyclic amines) is 1. The quantitative estimate of drug-likeness (QED) is 0.677. The van der Waals surface area contributed by atoms with E-state index in [-0.39, 0.29) is 29.5 Å². The second kappa shape index (κ2) is 11.0. The molecular formula is C25H36N6O3. The van der Waals surface area contributed by atoms with Crippen molar-refractivity contribution in [1.82, 2.24) is 30.0 Å². The van der Waals surface area contributed by atoms with Gasteiger partial charge in [-0.15, -0.1) is 0 Å². The van der Waals surface area contributed by atoms with Crippen LogP contribution in [0.3, 0.4) is 0 Å². The fraction of sp³-hybridized carbons (Fsp3) is 0.600. The number of nitrogens with one attached hydrogen (secondary N) is 2. The van der Waals surface area contributed by atoms with E-state index < -0.39 is 0 Å². The number of hydrogen-bond donors (Lipinski definition) is 2. The molecule has 2 fully saturated rings. The van der Waals surface area contributed by atoms with Gasteiger partial charge in [-0.05, 0) is 37.8 Å². The van der Waals surface area contributed by atoms with Crippen LogP contribution in [0.1, 0.15) is 45.4 Å². The predicted molar refractivity (Wildman–Crippen MR) is 131 cm³/mol. The van der Waals surface area contributed by atoms with Gasteiger partial charge in [0.2, 0.25) is 5.91 Å². The van der Waals surface area contributed by atoms with E-state index in [1.165, 1.54) is 0 Å². The van der Waals surface area contributed by atoms with Crippen LogP contribution < -0.4 is 10.9 Å². The number of piperidine rings is 1. The van der Waals surface area contributed by atoms with Crippen molar-refractivity contribution >= 4 is 22.8 Å². The molecule has 2 saturated heterocycles. The number of carbonyl (C=O) groups excluding carboxylic acids is 2. The fourth-order valence-corrected chi connectivity index (χ4v) is 4.94. The van der Waals surface area contributed by atoms with Gasteiger partial charge >= 0.3 is 6.03 Å². The van der Waals surface area contributed by atoms with Crippen LogP contribution in [0, 0.1) is 5.92 Å². The Hall–Kier alpha value is -2.94. The van der Waals surface area contributed by atoms with Crippen LogP contribution in [-0.2, 0) is 11.3 Å². The average Bonchev–Trinajstić information content (AvgIpc) is 2.85. The summed E-state index contributed by atoms with van der Waals surface area (Å²) < 4.78 is 0. The zero-order valence-corrected chi connectivity index (χ0v) is 20.3. The molecule has 2 aliphatic heterocycles. The van der Waals surface area contributed by atoms with Crippen LogP contribution in [0.2, 0.25) is 0 Å². The molecule has 0 radical (unpaired) electrons. The Morgan fingerprint density at radius 2 is 1.71 bits per heavy atom. The molecule has 0 aliphatic carbocycles. The second-order valence-electron chi connectivity index (χ2n) is 9.36. The van der Waals surface area contributed by atoms with Crippen LogP contribution in [0.5, 0.6) is 0 Å². The van der Waals surface area contributed by atoms with Gasteiger partial charge in [0.25, 0.3) is 5.56 Å². The van der Waals surface area contributed by atoms with E-state index in [0.29, 0.717) is 49.5 Å². The molecule has 2 aliphatic rings. The maximum Gasteiger partial charge on any atom is 0.317 e. The third kappa shape index (κ3) is 5.58. The normalized spacial score (nSPS) is 18.0. The molecule has 2 N–H and O–H groups in total. The van der Waals surface area contributed by atoms with Crippen LogP contribution in [-0.4, -0.2) is 81.9 Å². The molecule has 3 amide bonds. The highest BCUT2D eigenvalue weighted by Crippen LogP contribution is 2.18. The van der Waals surface area contributed by atoms with Gasteiger partial charge in [-0.3, -0.25) is 14.5 Å². The van der Waals surface area contributed by atoms with Gasteiger partial charge in [-0.2, -0.15) is 0 Å². The van der Waals surface area contributed by atoms with E-state index >= 15 is 0 Å². The highest BCUT2D eigenvalue weighted by molar-refractivity contribution is 5.79. The first-order chi connectivity index (χ1) is 16.5. The first-order valence-corrected chi connectivity index (χ1v) is 12.5. The zero-order valence-electron chi connectivity index (χ0n) is 20.3. The molecule has 2 aromatic rings. The highest BCUT2D eigenvalue weighted by Gasteiger charge is 2.29. The lowest BCUT2D eigenvalue weighted by Crippen LogP contribution is -2.55. The molecular weight excluding hydrogens is 432 g/mol. The summed E-state index contributed by atoms with van der Waals surface area (Å²) in [6.45, 7) is 8.84. The second-order valence-corrected chi connectivity index (χ2v) is 9.36. The molecule has 0 saturated carbocycles. The molecule has 3 heterocycles. The molecule has 0 atom stereocenters. The standard InChI is InChI=1S/C25H36N6O3/c1-3-18(4-2)24(33)30-11-9-19(10-12-30)26-25(34)31-15-13-29(14-16-31)17-22-27-21-8-6-5-7-20(21)23(32)28-22/h5-8,18-19H,3-4,9-17H2,1-2H3,(H,26,34)(H,27,28,32). The fourth-order valence-electron chi connectivity index (χ4n) is 4.94. The lowest BCUT2D eigenvalue weighted by Gasteiger charge is -2.37. The van der Waals surface area contributed by atoms with Gasteiger partial charge in [-0.25, -0.2) is 9.78 Å². The Balaban J connectivity index is 1.22. The average molecular weight is 469 g/mol. The lowest BCUT2D eigenvalue weighted by molar-refractivity contribution is -0.136. The number of aromatic nitrogens is 2. The van der Waals surface area contributed by atoms with Crippen molar-refractivity contribution in [3.8, 4) is 0 Å². The van der Waals surface area contributed by atoms with Gasteiger partial charge in [0.05, 0.1) is 17.4 Å². The third-order valence-corrected chi connectivity index (χ3v) is 7.16. The summed E-state index contributed by atoms with van der Waals surface area (Å²) in [5, 5.41) is 3.76. The van der Waals surface area contributed by atoms with Gasteiger partial charge in [0.15, 0.2) is 0 Å². The summed E-state index contributed by atoms with van der Waals surface area (Å²) in [6, 6.07) is 7.43. The molecule has 1 aromatic carbocycles. The first-order valence-electron chi connectivity index (χ1n) is 12.5. The minimum absolute atomic E-state index is 0.0262. The van der Waals surface area contributed by atoms with E-state index in [1.54, 1.807) is 6.07 Å². The van der Waals surface area contributed by atoms with Crippen LogP contribution in [0.25, 0.3) is 10.9 Å². The first kappa shape index (κ1) is 24.2. The minimum Gasteiger partial charge on any atom is -0.342 e. The Kier molecular flexibility index (Phi) is 7.82. The predicted octanol–water partition coefficient (Wildman–Crippen LogP) is 2.18. The van der Waals surface area contributed by atoms with Crippen LogP contribution in [0.4, 0.5) is 4.79 Å². The number of H-pyrrole nitrogens is 1. The van der Waals surface area contributed by atoms with E-state index in [0.717, 1.165) is 38.8 Å². The molecule has 0 bridgehead atoms. The van der Waals surface area contributed by atoms with E-state index in [1.807, 2.05) is 28.0 Å². The van der Waals surface area contributed by atoms with Crippen molar-refractivity contribution in [3.63, 3.8) is 0 Å². The van der Waals surface area contributed by atoms with Crippen molar-refractivity contribution in [2.75, 3.05) is 39.3 Å². The number of benzene rings is 1. The highest BCUT2D eigenvalue weighted by atomic mass is 16.2. The Bertz CT molecular complexity index is 1050. The number of piperazine rings is 1. The summed E-state index contributed by atoms with van der Waals surface area (Å²) in [6.07, 6.45) is 3.37. The smallest absolute Gasteiger partial charge is 0.317 e. The Morgan fingerprint density at radius 3 is 2.38 bits per heavy atom. The van der Waals surface area contributed by atoms with Crippen molar-refractivity contribution in [2.24, 2.45) is 5.92 Å². The maximum absolute atomic E-state index is 12.8. The summed E-state index contributed by atoms with van der Waals surface area (Å²) in [4.78, 5) is 51.2. The van der Waals surface area contributed by atoms with E-state index in [9.17, 15) is 14.4 Å². The number of aromatic amines is 1. The molecule has 1 aromatic heterocycles. The summed E-state index contributed by atoms with van der Waals surface area (Å²) in [7, 11) is 0. The number of carbonyl (C=O) groups is 2. The molecule has 0 spiro atoms. The van der Waals surface area contributed by atoms with E-state index in [4.69, 9.17) is 0 Å². The van der Waals surface area contributed by atoms with Gasteiger partial charge in [0, 0.05) is 51.2 Å². The van der Waals surface area contributed by atoms with Crippen molar-refractivity contribution in [2.45, 2.75) is 52.1 Å². The molecule has 184 valence electrons. The number of hydrogen-bond acceptors (Lipinski definition) is 5. The number of amides is 3. The number of rotatable bonds is 6. The minimum atomic E-state index is -0.119. The zero-order chi connectivity index (χ0) is 24.1.